The van der Waals surface area contributed by atoms with Crippen molar-refractivity contribution >= 4 is 5.69 Å². The van der Waals surface area contributed by atoms with Crippen LogP contribution in [0.3, 0.4) is 0 Å². The maximum absolute atomic E-state index is 2.16. The third-order valence-corrected chi connectivity index (χ3v) is 1.53. The molecule has 3 heteroatoms. The Balaban J connectivity index is 0. The Morgan fingerprint density at radius 2 is 1.33 bits per heavy atom. The molecule has 0 amide bonds. The maximum atomic E-state index is 2.16. The molecule has 0 unspecified atom stereocenters. The molecule has 0 aliphatic heterocycles. The molecule has 70 valence electrons. The Labute approximate surface area is 73.5 Å². The zero-order valence-electron chi connectivity index (χ0n) is 7.78. The summed E-state index contributed by atoms with van der Waals surface area (Å²) in [5.74, 6) is 0. The Hall–Kier alpha value is -0.900. The molecular formula is C9H17NO2. The van der Waals surface area contributed by atoms with Crippen molar-refractivity contribution in [3.63, 3.8) is 0 Å². The van der Waals surface area contributed by atoms with Gasteiger partial charge in [-0.1, -0.05) is 18.2 Å². The summed E-state index contributed by atoms with van der Waals surface area (Å²) in [5, 5.41) is 0. The Bertz CT molecular complexity index is 204. The average Bonchev–Trinajstić information content (AvgIpc) is 1.88. The number of nitrogens with zero attached hydrogens (tertiary/aromatic N) is 1. The number of rotatable bonds is 1. The van der Waals surface area contributed by atoms with Crippen LogP contribution < -0.4 is 4.48 Å². The molecule has 1 aromatic rings. The van der Waals surface area contributed by atoms with Crippen LogP contribution in [0.15, 0.2) is 30.3 Å². The van der Waals surface area contributed by atoms with Gasteiger partial charge >= 0.3 is 0 Å². The van der Waals surface area contributed by atoms with Gasteiger partial charge in [0.05, 0.1) is 21.1 Å². The van der Waals surface area contributed by atoms with Crippen molar-refractivity contribution in [2.75, 3.05) is 21.1 Å². The predicted molar refractivity (Wildman–Crippen MR) is 51.6 cm³/mol. The highest BCUT2D eigenvalue weighted by molar-refractivity contribution is 5.40. The molecule has 0 aromatic heterocycles. The van der Waals surface area contributed by atoms with E-state index in [9.17, 15) is 0 Å². The predicted octanol–water partition coefficient (Wildman–Crippen LogP) is 0.882. The maximum Gasteiger partial charge on any atom is 0.132 e. The van der Waals surface area contributed by atoms with E-state index in [-0.39, 0.29) is 11.0 Å². The number of hydrogen-bond donors (Lipinski definition) is 0. The summed E-state index contributed by atoms with van der Waals surface area (Å²) in [6.07, 6.45) is 0. The van der Waals surface area contributed by atoms with Crippen LogP contribution in [0.2, 0.25) is 0 Å². The minimum Gasteiger partial charge on any atom is -0.870 e. The highest BCUT2D eigenvalue weighted by Crippen LogP contribution is 2.14. The Morgan fingerprint density at radius 1 is 0.917 bits per heavy atom. The molecule has 1 aromatic carbocycles. The van der Waals surface area contributed by atoms with E-state index in [2.05, 4.69) is 45.4 Å². The molecule has 0 aliphatic carbocycles. The molecule has 3 nitrogen and oxygen atoms in total. The fourth-order valence-corrected chi connectivity index (χ4v) is 0.875. The minimum absolute atomic E-state index is 0. The van der Waals surface area contributed by atoms with Crippen molar-refractivity contribution in [1.82, 2.24) is 4.48 Å². The first-order valence-electron chi connectivity index (χ1n) is 3.48. The molecule has 0 aliphatic rings. The second kappa shape index (κ2) is 4.87. The molecule has 0 bridgehead atoms. The van der Waals surface area contributed by atoms with Gasteiger partial charge in [0.2, 0.25) is 0 Å². The van der Waals surface area contributed by atoms with E-state index in [1.165, 1.54) is 5.69 Å². The smallest absolute Gasteiger partial charge is 0.132 e. The largest absolute Gasteiger partial charge is 0.870 e. The van der Waals surface area contributed by atoms with Gasteiger partial charge in [0, 0.05) is 0 Å². The van der Waals surface area contributed by atoms with Crippen molar-refractivity contribution < 1.29 is 11.0 Å². The minimum atomic E-state index is 0. The van der Waals surface area contributed by atoms with E-state index in [0.717, 1.165) is 4.48 Å². The van der Waals surface area contributed by atoms with Gasteiger partial charge in [0.25, 0.3) is 0 Å². The lowest BCUT2D eigenvalue weighted by molar-refractivity contribution is 0.486. The topological polar surface area (TPSA) is 61.5 Å². The quantitative estimate of drug-likeness (QED) is 0.578. The number of para-hydroxylation sites is 1. The van der Waals surface area contributed by atoms with Crippen LogP contribution in [0.25, 0.3) is 0 Å². The molecule has 0 radical (unpaired) electrons. The number of quaternary nitrogens is 1. The molecule has 3 N–H and O–H groups in total. The second-order valence-corrected chi connectivity index (χ2v) is 3.35. The zero-order chi connectivity index (χ0) is 7.61. The number of hydrogen-bond acceptors (Lipinski definition) is 1. The van der Waals surface area contributed by atoms with Gasteiger partial charge in [-0.2, -0.15) is 0 Å². The van der Waals surface area contributed by atoms with Crippen LogP contribution in [-0.4, -0.2) is 32.1 Å². The number of benzene rings is 1. The first-order chi connectivity index (χ1) is 4.61. The van der Waals surface area contributed by atoms with Crippen molar-refractivity contribution in [3.05, 3.63) is 30.3 Å². The normalized spacial score (nSPS) is 9.58. The molecule has 12 heavy (non-hydrogen) atoms. The summed E-state index contributed by atoms with van der Waals surface area (Å²) in [5.41, 5.74) is 1.34. The Kier molecular flexibility index (Phi) is 5.55. The van der Waals surface area contributed by atoms with Crippen LogP contribution in [0, 0.1) is 0 Å². The van der Waals surface area contributed by atoms with Gasteiger partial charge < -0.3 is 11.0 Å². The zero-order valence-corrected chi connectivity index (χ0v) is 7.78. The average molecular weight is 171 g/mol. The van der Waals surface area contributed by atoms with Crippen LogP contribution in [0.5, 0.6) is 0 Å². The van der Waals surface area contributed by atoms with Gasteiger partial charge in [-0.05, 0) is 12.1 Å². The SMILES string of the molecule is C[N+](C)(C)c1ccccc1.O.[OH-]. The van der Waals surface area contributed by atoms with Crippen LogP contribution >= 0.6 is 0 Å². The van der Waals surface area contributed by atoms with Crippen molar-refractivity contribution in [3.8, 4) is 0 Å². The fraction of sp³-hybridized carbons (Fsp3) is 0.333. The third-order valence-electron chi connectivity index (χ3n) is 1.53. The van der Waals surface area contributed by atoms with E-state index < -0.39 is 0 Å². The van der Waals surface area contributed by atoms with Gasteiger partial charge in [-0.25, -0.2) is 0 Å². The highest BCUT2D eigenvalue weighted by Gasteiger charge is 2.08. The van der Waals surface area contributed by atoms with Crippen LogP contribution in [0.4, 0.5) is 5.69 Å². The summed E-state index contributed by atoms with van der Waals surface area (Å²) >= 11 is 0. The van der Waals surface area contributed by atoms with Crippen LogP contribution in [-0.2, 0) is 0 Å². The monoisotopic (exact) mass is 171 g/mol. The summed E-state index contributed by atoms with van der Waals surface area (Å²) in [4.78, 5) is 0. The standard InChI is InChI=1S/C9H14N.2H2O/c1-10(2,3)9-7-5-4-6-8-9;;/h4-8H,1-3H3;2*1H2/q+1;;/p-1. The first-order valence-corrected chi connectivity index (χ1v) is 3.48. The molecule has 0 spiro atoms. The first kappa shape index (κ1) is 13.7. The van der Waals surface area contributed by atoms with E-state index >= 15 is 0 Å². The van der Waals surface area contributed by atoms with E-state index in [1.807, 2.05) is 6.07 Å². The van der Waals surface area contributed by atoms with Crippen molar-refractivity contribution in [2.24, 2.45) is 0 Å². The van der Waals surface area contributed by atoms with Crippen molar-refractivity contribution in [1.29, 1.82) is 0 Å². The van der Waals surface area contributed by atoms with E-state index in [1.54, 1.807) is 0 Å². The summed E-state index contributed by atoms with van der Waals surface area (Å²) < 4.78 is 0.890. The van der Waals surface area contributed by atoms with Crippen molar-refractivity contribution in [2.45, 2.75) is 0 Å². The Morgan fingerprint density at radius 3 is 1.58 bits per heavy atom. The molecule has 0 fully saturated rings. The van der Waals surface area contributed by atoms with Crippen LogP contribution in [0.1, 0.15) is 0 Å². The second-order valence-electron chi connectivity index (χ2n) is 3.35. The molecule has 0 saturated heterocycles. The summed E-state index contributed by atoms with van der Waals surface area (Å²) in [6, 6.07) is 10.5. The lowest BCUT2D eigenvalue weighted by Crippen LogP contribution is -2.34. The molecule has 0 saturated carbocycles. The summed E-state index contributed by atoms with van der Waals surface area (Å²) in [6.45, 7) is 0. The highest BCUT2D eigenvalue weighted by atomic mass is 16.0. The lowest BCUT2D eigenvalue weighted by atomic mass is 10.3. The van der Waals surface area contributed by atoms with Gasteiger partial charge in [-0.3, -0.25) is 4.48 Å². The van der Waals surface area contributed by atoms with E-state index in [4.69, 9.17) is 0 Å². The molecule has 0 heterocycles. The van der Waals surface area contributed by atoms with Gasteiger partial charge in [0.15, 0.2) is 0 Å². The lowest BCUT2D eigenvalue weighted by Gasteiger charge is -2.22. The third kappa shape index (κ3) is 3.48. The fourth-order valence-electron chi connectivity index (χ4n) is 0.875. The van der Waals surface area contributed by atoms with Gasteiger partial charge in [-0.15, -0.1) is 0 Å². The summed E-state index contributed by atoms with van der Waals surface area (Å²) in [7, 11) is 6.49. The van der Waals surface area contributed by atoms with Gasteiger partial charge in [0.1, 0.15) is 5.69 Å². The molecule has 0 atom stereocenters. The molecular weight excluding hydrogens is 154 g/mol. The molecule has 1 rings (SSSR count). The van der Waals surface area contributed by atoms with E-state index in [0.29, 0.717) is 0 Å².